The molecule has 0 amide bonds. The Balaban J connectivity index is 2.73. The average molecular weight is 204 g/mol. The molecule has 0 aliphatic rings. The molecule has 0 fully saturated rings. The highest BCUT2D eigenvalue weighted by Gasteiger charge is 2.15. The number of nitrogens with two attached hydrogens (primary N) is 1. The number of para-hydroxylation sites is 1. The van der Waals surface area contributed by atoms with Crippen LogP contribution in [0.5, 0.6) is 0 Å². The fourth-order valence-corrected chi connectivity index (χ4v) is 2.06. The molecular weight excluding hydrogens is 188 g/mol. The van der Waals surface area contributed by atoms with Gasteiger partial charge in [-0.25, -0.2) is 0 Å². The van der Waals surface area contributed by atoms with E-state index in [1.54, 1.807) is 0 Å². The molecule has 1 heterocycles. The van der Waals surface area contributed by atoms with Crippen LogP contribution in [0, 0.1) is 13.8 Å². The summed E-state index contributed by atoms with van der Waals surface area (Å²) in [5.41, 5.74) is 9.70. The fraction of sp³-hybridized carbons (Fsp3) is 0.333. The number of fused-ring (bicyclic) bond motifs is 1. The quantitative estimate of drug-likeness (QED) is 0.698. The highest BCUT2D eigenvalue weighted by Crippen LogP contribution is 2.28. The monoisotopic (exact) mass is 204 g/mol. The molecule has 0 bridgehead atoms. The van der Waals surface area contributed by atoms with Crippen molar-refractivity contribution in [3.63, 3.8) is 0 Å². The first-order valence-electron chi connectivity index (χ1n) is 5.11. The first kappa shape index (κ1) is 10.2. The first-order valence-corrected chi connectivity index (χ1v) is 5.11. The standard InChI is InChI=1S/C12H16N2O/c1-7-4-3-5-9-11(10(15)6-13)8(2)14-12(7)9/h3-5,10,14-15H,6,13H2,1-2H3. The molecular formula is C12H16N2O. The average Bonchev–Trinajstić information content (AvgIpc) is 2.55. The molecule has 0 radical (unpaired) electrons. The van der Waals surface area contributed by atoms with Crippen LogP contribution < -0.4 is 5.73 Å². The number of H-pyrrole nitrogens is 1. The van der Waals surface area contributed by atoms with Gasteiger partial charge < -0.3 is 15.8 Å². The molecule has 0 spiro atoms. The largest absolute Gasteiger partial charge is 0.387 e. The number of aromatic nitrogens is 1. The maximum atomic E-state index is 9.84. The topological polar surface area (TPSA) is 62.0 Å². The van der Waals surface area contributed by atoms with Gasteiger partial charge in [-0.2, -0.15) is 0 Å². The molecule has 1 aromatic heterocycles. The van der Waals surface area contributed by atoms with E-state index in [0.29, 0.717) is 0 Å². The van der Waals surface area contributed by atoms with Gasteiger partial charge in [0, 0.05) is 28.7 Å². The lowest BCUT2D eigenvalue weighted by Crippen LogP contribution is -2.12. The molecule has 1 unspecified atom stereocenters. The smallest absolute Gasteiger partial charge is 0.0935 e. The van der Waals surface area contributed by atoms with Crippen LogP contribution in [-0.2, 0) is 0 Å². The zero-order valence-corrected chi connectivity index (χ0v) is 9.04. The zero-order chi connectivity index (χ0) is 11.0. The lowest BCUT2D eigenvalue weighted by atomic mass is 10.0. The number of aromatic amines is 1. The first-order chi connectivity index (χ1) is 7.15. The number of nitrogens with one attached hydrogen (secondary N) is 1. The molecule has 80 valence electrons. The normalized spacial score (nSPS) is 13.3. The summed E-state index contributed by atoms with van der Waals surface area (Å²) < 4.78 is 0. The van der Waals surface area contributed by atoms with Crippen molar-refractivity contribution in [3.8, 4) is 0 Å². The molecule has 15 heavy (non-hydrogen) atoms. The molecule has 4 N–H and O–H groups in total. The van der Waals surface area contributed by atoms with Gasteiger partial charge in [0.1, 0.15) is 0 Å². The minimum Gasteiger partial charge on any atom is -0.387 e. The molecule has 0 aliphatic carbocycles. The number of hydrogen-bond acceptors (Lipinski definition) is 2. The van der Waals surface area contributed by atoms with Crippen LogP contribution in [-0.4, -0.2) is 16.6 Å². The minimum absolute atomic E-state index is 0.252. The maximum Gasteiger partial charge on any atom is 0.0935 e. The van der Waals surface area contributed by atoms with Crippen LogP contribution in [0.4, 0.5) is 0 Å². The van der Waals surface area contributed by atoms with Crippen LogP contribution >= 0.6 is 0 Å². The summed E-state index contributed by atoms with van der Waals surface area (Å²) in [4.78, 5) is 3.30. The second-order valence-electron chi connectivity index (χ2n) is 3.91. The van der Waals surface area contributed by atoms with Gasteiger partial charge in [0.25, 0.3) is 0 Å². The molecule has 0 aliphatic heterocycles. The predicted molar refractivity (Wildman–Crippen MR) is 61.8 cm³/mol. The summed E-state index contributed by atoms with van der Waals surface area (Å²) in [6.45, 7) is 4.27. The summed E-state index contributed by atoms with van der Waals surface area (Å²) in [5.74, 6) is 0. The lowest BCUT2D eigenvalue weighted by Gasteiger charge is -2.07. The summed E-state index contributed by atoms with van der Waals surface area (Å²) in [7, 11) is 0. The third kappa shape index (κ3) is 1.54. The number of rotatable bonds is 2. The van der Waals surface area contributed by atoms with Crippen LogP contribution in [0.2, 0.25) is 0 Å². The van der Waals surface area contributed by atoms with Gasteiger partial charge in [-0.3, -0.25) is 0 Å². The number of hydrogen-bond donors (Lipinski definition) is 3. The van der Waals surface area contributed by atoms with Gasteiger partial charge in [-0.15, -0.1) is 0 Å². The van der Waals surface area contributed by atoms with Gasteiger partial charge >= 0.3 is 0 Å². The Morgan fingerprint density at radius 1 is 1.40 bits per heavy atom. The van der Waals surface area contributed by atoms with Crippen molar-refractivity contribution in [3.05, 3.63) is 35.0 Å². The second kappa shape index (κ2) is 3.68. The van der Waals surface area contributed by atoms with Crippen molar-refractivity contribution >= 4 is 10.9 Å². The van der Waals surface area contributed by atoms with Crippen LogP contribution in [0.3, 0.4) is 0 Å². The summed E-state index contributed by atoms with van der Waals surface area (Å²) >= 11 is 0. The Hall–Kier alpha value is -1.32. The van der Waals surface area contributed by atoms with Crippen molar-refractivity contribution in [1.29, 1.82) is 0 Å². The van der Waals surface area contributed by atoms with Gasteiger partial charge in [-0.05, 0) is 19.4 Å². The molecule has 3 nitrogen and oxygen atoms in total. The molecule has 0 saturated carbocycles. The van der Waals surface area contributed by atoms with E-state index in [4.69, 9.17) is 5.73 Å². The Morgan fingerprint density at radius 3 is 2.80 bits per heavy atom. The predicted octanol–water partition coefficient (Wildman–Crippen LogP) is 1.78. The van der Waals surface area contributed by atoms with Crippen molar-refractivity contribution in [2.24, 2.45) is 5.73 Å². The number of aliphatic hydroxyl groups is 1. The number of aliphatic hydroxyl groups excluding tert-OH is 1. The Bertz CT molecular complexity index is 488. The Kier molecular flexibility index (Phi) is 2.50. The molecule has 3 heteroatoms. The van der Waals surface area contributed by atoms with Gasteiger partial charge in [-0.1, -0.05) is 18.2 Å². The number of aryl methyl sites for hydroxylation is 2. The van der Waals surface area contributed by atoms with Gasteiger partial charge in [0.2, 0.25) is 0 Å². The highest BCUT2D eigenvalue weighted by molar-refractivity contribution is 5.87. The fourth-order valence-electron chi connectivity index (χ4n) is 2.06. The Labute approximate surface area is 88.9 Å². The zero-order valence-electron chi connectivity index (χ0n) is 9.04. The van der Waals surface area contributed by atoms with E-state index in [-0.39, 0.29) is 6.54 Å². The Morgan fingerprint density at radius 2 is 2.13 bits per heavy atom. The third-order valence-corrected chi connectivity index (χ3v) is 2.84. The van der Waals surface area contributed by atoms with E-state index in [2.05, 4.69) is 18.0 Å². The molecule has 2 aromatic rings. The van der Waals surface area contributed by atoms with Crippen LogP contribution in [0.15, 0.2) is 18.2 Å². The van der Waals surface area contributed by atoms with Crippen LogP contribution in [0.25, 0.3) is 10.9 Å². The molecule has 1 aromatic carbocycles. The highest BCUT2D eigenvalue weighted by atomic mass is 16.3. The minimum atomic E-state index is -0.583. The summed E-state index contributed by atoms with van der Waals surface area (Å²) in [6, 6.07) is 6.06. The van der Waals surface area contributed by atoms with Crippen LogP contribution in [0.1, 0.15) is 22.9 Å². The van der Waals surface area contributed by atoms with Gasteiger partial charge in [0.05, 0.1) is 6.10 Å². The third-order valence-electron chi connectivity index (χ3n) is 2.84. The van der Waals surface area contributed by atoms with Crippen molar-refractivity contribution in [1.82, 2.24) is 4.98 Å². The summed E-state index contributed by atoms with van der Waals surface area (Å²) in [5, 5.41) is 10.9. The molecule has 0 saturated heterocycles. The SMILES string of the molecule is Cc1[nH]c2c(C)cccc2c1C(O)CN. The van der Waals surface area contributed by atoms with E-state index in [0.717, 1.165) is 22.2 Å². The van der Waals surface area contributed by atoms with E-state index in [1.165, 1.54) is 5.56 Å². The molecule has 2 rings (SSSR count). The lowest BCUT2D eigenvalue weighted by molar-refractivity contribution is 0.187. The van der Waals surface area contributed by atoms with E-state index < -0.39 is 6.10 Å². The van der Waals surface area contributed by atoms with Crippen molar-refractivity contribution < 1.29 is 5.11 Å². The maximum absolute atomic E-state index is 9.84. The van der Waals surface area contributed by atoms with Gasteiger partial charge in [0.15, 0.2) is 0 Å². The summed E-state index contributed by atoms with van der Waals surface area (Å²) in [6.07, 6.45) is -0.583. The molecule has 1 atom stereocenters. The van der Waals surface area contributed by atoms with E-state index in [1.807, 2.05) is 19.1 Å². The number of benzene rings is 1. The van der Waals surface area contributed by atoms with E-state index in [9.17, 15) is 5.11 Å². The van der Waals surface area contributed by atoms with E-state index >= 15 is 0 Å². The van der Waals surface area contributed by atoms with Crippen molar-refractivity contribution in [2.45, 2.75) is 20.0 Å². The van der Waals surface area contributed by atoms with Crippen molar-refractivity contribution in [2.75, 3.05) is 6.54 Å². The second-order valence-corrected chi connectivity index (χ2v) is 3.91.